The van der Waals surface area contributed by atoms with Crippen molar-refractivity contribution in [3.8, 4) is 0 Å². The summed E-state index contributed by atoms with van der Waals surface area (Å²) in [5.74, 6) is -0.437. The number of nitrogens with one attached hydrogen (secondary N) is 1. The standard InChI is InChI=1S/C8H12N2O4/c1-5-2-7(14-10-5)8(13)9-6(3-11)4-12/h2,6,11-12H,3-4H2,1H3,(H,9,13). The molecule has 1 aromatic heterocycles. The normalized spacial score (nSPS) is 10.6. The molecule has 0 aliphatic carbocycles. The van der Waals surface area contributed by atoms with E-state index in [1.165, 1.54) is 6.07 Å². The Balaban J connectivity index is 2.58. The molecule has 0 saturated heterocycles. The molecule has 1 aromatic rings. The van der Waals surface area contributed by atoms with Crippen LogP contribution in [-0.2, 0) is 0 Å². The van der Waals surface area contributed by atoms with E-state index in [1.54, 1.807) is 6.92 Å². The highest BCUT2D eigenvalue weighted by Crippen LogP contribution is 2.01. The summed E-state index contributed by atoms with van der Waals surface area (Å²) in [5.41, 5.74) is 0.597. The molecule has 1 amide bonds. The number of hydrogen-bond acceptors (Lipinski definition) is 5. The van der Waals surface area contributed by atoms with E-state index in [0.717, 1.165) is 0 Å². The lowest BCUT2D eigenvalue weighted by atomic mass is 10.3. The topological polar surface area (TPSA) is 95.6 Å². The van der Waals surface area contributed by atoms with Crippen LogP contribution in [0.5, 0.6) is 0 Å². The molecule has 1 rings (SSSR count). The second-order valence-corrected chi connectivity index (χ2v) is 2.87. The third-order valence-electron chi connectivity index (χ3n) is 1.63. The first-order valence-electron chi connectivity index (χ1n) is 4.13. The Labute approximate surface area is 80.5 Å². The van der Waals surface area contributed by atoms with Crippen LogP contribution < -0.4 is 5.32 Å². The van der Waals surface area contributed by atoms with Gasteiger partial charge >= 0.3 is 0 Å². The van der Waals surface area contributed by atoms with E-state index >= 15 is 0 Å². The van der Waals surface area contributed by atoms with Gasteiger partial charge in [-0.2, -0.15) is 0 Å². The molecule has 14 heavy (non-hydrogen) atoms. The van der Waals surface area contributed by atoms with Crippen LogP contribution in [0.3, 0.4) is 0 Å². The van der Waals surface area contributed by atoms with Gasteiger partial charge in [0.1, 0.15) is 0 Å². The van der Waals surface area contributed by atoms with Crippen molar-refractivity contribution in [2.45, 2.75) is 13.0 Å². The molecule has 6 heteroatoms. The first-order chi connectivity index (χ1) is 6.67. The van der Waals surface area contributed by atoms with Crippen molar-refractivity contribution >= 4 is 5.91 Å². The van der Waals surface area contributed by atoms with E-state index in [9.17, 15) is 4.79 Å². The van der Waals surface area contributed by atoms with Crippen molar-refractivity contribution in [1.29, 1.82) is 0 Å². The number of aromatic nitrogens is 1. The summed E-state index contributed by atoms with van der Waals surface area (Å²) < 4.78 is 4.69. The zero-order valence-corrected chi connectivity index (χ0v) is 7.73. The number of carbonyl (C=O) groups excluding carboxylic acids is 1. The predicted octanol–water partition coefficient (Wildman–Crippen LogP) is -0.934. The Morgan fingerprint density at radius 1 is 1.64 bits per heavy atom. The molecule has 0 aliphatic heterocycles. The second kappa shape index (κ2) is 4.73. The first kappa shape index (κ1) is 10.7. The number of carbonyl (C=O) groups is 1. The van der Waals surface area contributed by atoms with Crippen molar-refractivity contribution in [3.05, 3.63) is 17.5 Å². The van der Waals surface area contributed by atoms with Crippen molar-refractivity contribution in [1.82, 2.24) is 10.5 Å². The highest BCUT2D eigenvalue weighted by Gasteiger charge is 2.15. The summed E-state index contributed by atoms with van der Waals surface area (Å²) in [6.45, 7) is 1.04. The van der Waals surface area contributed by atoms with Gasteiger partial charge in [0.25, 0.3) is 5.91 Å². The van der Waals surface area contributed by atoms with Crippen LogP contribution in [-0.4, -0.2) is 40.5 Å². The fraction of sp³-hybridized carbons (Fsp3) is 0.500. The largest absolute Gasteiger partial charge is 0.394 e. The van der Waals surface area contributed by atoms with E-state index in [1.807, 2.05) is 0 Å². The van der Waals surface area contributed by atoms with Gasteiger partial charge in [0, 0.05) is 6.07 Å². The van der Waals surface area contributed by atoms with Gasteiger partial charge in [-0.25, -0.2) is 0 Å². The van der Waals surface area contributed by atoms with Crippen molar-refractivity contribution in [2.24, 2.45) is 0 Å². The quantitative estimate of drug-likeness (QED) is 0.583. The lowest BCUT2D eigenvalue weighted by molar-refractivity contribution is 0.0843. The Morgan fingerprint density at radius 2 is 2.29 bits per heavy atom. The summed E-state index contributed by atoms with van der Waals surface area (Å²) >= 11 is 0. The molecule has 0 saturated carbocycles. The van der Waals surface area contributed by atoms with Gasteiger partial charge in [0.15, 0.2) is 0 Å². The number of hydrogen-bond donors (Lipinski definition) is 3. The minimum Gasteiger partial charge on any atom is -0.394 e. The van der Waals surface area contributed by atoms with Gasteiger partial charge in [-0.05, 0) is 6.92 Å². The molecule has 0 unspecified atom stereocenters. The second-order valence-electron chi connectivity index (χ2n) is 2.87. The maximum atomic E-state index is 11.3. The minimum atomic E-state index is -0.673. The Kier molecular flexibility index (Phi) is 3.61. The SMILES string of the molecule is Cc1cc(C(=O)NC(CO)CO)on1. The van der Waals surface area contributed by atoms with Gasteiger partial charge in [-0.15, -0.1) is 0 Å². The monoisotopic (exact) mass is 200 g/mol. The van der Waals surface area contributed by atoms with Gasteiger partial charge in [-0.1, -0.05) is 5.16 Å². The van der Waals surface area contributed by atoms with Crippen LogP contribution in [0.1, 0.15) is 16.2 Å². The predicted molar refractivity (Wildman–Crippen MR) is 46.7 cm³/mol. The van der Waals surface area contributed by atoms with Crippen LogP contribution in [0.4, 0.5) is 0 Å². The van der Waals surface area contributed by atoms with E-state index in [4.69, 9.17) is 14.7 Å². The molecule has 0 aliphatic rings. The zero-order valence-electron chi connectivity index (χ0n) is 7.73. The van der Waals surface area contributed by atoms with E-state index in [2.05, 4.69) is 10.5 Å². The summed E-state index contributed by atoms with van der Waals surface area (Å²) in [4.78, 5) is 11.3. The summed E-state index contributed by atoms with van der Waals surface area (Å²) in [5, 5.41) is 23.3. The van der Waals surface area contributed by atoms with Crippen LogP contribution in [0.2, 0.25) is 0 Å². The number of amides is 1. The van der Waals surface area contributed by atoms with Gasteiger partial charge in [0.2, 0.25) is 5.76 Å². The zero-order chi connectivity index (χ0) is 10.6. The van der Waals surface area contributed by atoms with Gasteiger partial charge in [0.05, 0.1) is 24.9 Å². The van der Waals surface area contributed by atoms with Crippen molar-refractivity contribution < 1.29 is 19.5 Å². The Hall–Kier alpha value is -1.40. The molecule has 0 radical (unpaired) electrons. The maximum absolute atomic E-state index is 11.3. The molecule has 3 N–H and O–H groups in total. The number of aliphatic hydroxyl groups is 2. The minimum absolute atomic E-state index is 0.0643. The average Bonchev–Trinajstić information content (AvgIpc) is 2.61. The number of aryl methyl sites for hydroxylation is 1. The highest BCUT2D eigenvalue weighted by atomic mass is 16.5. The van der Waals surface area contributed by atoms with Crippen LogP contribution >= 0.6 is 0 Å². The highest BCUT2D eigenvalue weighted by molar-refractivity contribution is 5.91. The first-order valence-corrected chi connectivity index (χ1v) is 4.13. The smallest absolute Gasteiger partial charge is 0.290 e. The number of aliphatic hydroxyl groups excluding tert-OH is 2. The van der Waals surface area contributed by atoms with Crippen LogP contribution in [0.25, 0.3) is 0 Å². The lowest BCUT2D eigenvalue weighted by Crippen LogP contribution is -2.39. The van der Waals surface area contributed by atoms with Gasteiger partial charge < -0.3 is 20.1 Å². The van der Waals surface area contributed by atoms with E-state index in [0.29, 0.717) is 5.69 Å². The molecule has 0 fully saturated rings. The summed E-state index contributed by atoms with van der Waals surface area (Å²) in [6, 6.07) is 0.800. The maximum Gasteiger partial charge on any atom is 0.290 e. The molecule has 78 valence electrons. The van der Waals surface area contributed by atoms with Gasteiger partial charge in [-0.3, -0.25) is 4.79 Å². The Bertz CT molecular complexity index is 306. The van der Waals surface area contributed by atoms with Crippen LogP contribution in [0, 0.1) is 6.92 Å². The summed E-state index contributed by atoms with van der Waals surface area (Å²) in [7, 11) is 0. The molecule has 0 atom stereocenters. The molecular weight excluding hydrogens is 188 g/mol. The third kappa shape index (κ3) is 2.54. The summed E-state index contributed by atoms with van der Waals surface area (Å²) in [6.07, 6.45) is 0. The fourth-order valence-corrected chi connectivity index (χ4v) is 0.876. The number of rotatable bonds is 4. The van der Waals surface area contributed by atoms with E-state index < -0.39 is 11.9 Å². The molecule has 6 nitrogen and oxygen atoms in total. The van der Waals surface area contributed by atoms with Crippen molar-refractivity contribution in [2.75, 3.05) is 13.2 Å². The van der Waals surface area contributed by atoms with Crippen molar-refractivity contribution in [3.63, 3.8) is 0 Å². The Morgan fingerprint density at radius 3 is 2.71 bits per heavy atom. The molecule has 0 aromatic carbocycles. The molecule has 0 bridgehead atoms. The molecule has 0 spiro atoms. The molecule has 1 heterocycles. The molecular formula is C8H12N2O4. The fourth-order valence-electron chi connectivity index (χ4n) is 0.876. The van der Waals surface area contributed by atoms with E-state index in [-0.39, 0.29) is 19.0 Å². The number of nitrogens with zero attached hydrogens (tertiary/aromatic N) is 1. The van der Waals surface area contributed by atoms with Crippen LogP contribution in [0.15, 0.2) is 10.6 Å². The third-order valence-corrected chi connectivity index (χ3v) is 1.63. The lowest BCUT2D eigenvalue weighted by Gasteiger charge is -2.11. The average molecular weight is 200 g/mol.